The zero-order valence-corrected chi connectivity index (χ0v) is 20.3. The molecule has 0 unspecified atom stereocenters. The number of carbonyl (C=O) groups excluding carboxylic acids is 5. The van der Waals surface area contributed by atoms with Crippen molar-refractivity contribution in [1.82, 2.24) is 0 Å². The highest BCUT2D eigenvalue weighted by molar-refractivity contribution is 5.70. The van der Waals surface area contributed by atoms with Crippen LogP contribution in [-0.4, -0.2) is 112 Å². The second-order valence-corrected chi connectivity index (χ2v) is 7.93. The molecular weight excluding hydrogens is 539 g/mol. The van der Waals surface area contributed by atoms with Gasteiger partial charge in [-0.3, -0.25) is 19.2 Å². The fraction of sp³-hybridized carbons (Fsp3) is 0.696. The van der Waals surface area contributed by atoms with E-state index in [-0.39, 0.29) is 24.2 Å². The Balaban J connectivity index is 0.00000321. The molecule has 39 heavy (non-hydrogen) atoms. The Morgan fingerprint density at radius 3 is 1.90 bits per heavy atom. The third kappa shape index (κ3) is 14.3. The summed E-state index contributed by atoms with van der Waals surface area (Å²) < 4.78 is 150. The van der Waals surface area contributed by atoms with E-state index < -0.39 is 101 Å². The summed E-state index contributed by atoms with van der Waals surface area (Å²) in [6.07, 6.45) is -10.7. The molecule has 0 radical (unpaired) electrons. The molecule has 1 aliphatic heterocycles. The largest absolute Gasteiger partial charge is 0.542 e. The van der Waals surface area contributed by atoms with Crippen molar-refractivity contribution in [1.29, 1.82) is 0 Å². The summed E-state index contributed by atoms with van der Waals surface area (Å²) in [6.45, 7) is -14.9. The van der Waals surface area contributed by atoms with E-state index in [0.717, 1.165) is 0 Å². The quantitative estimate of drug-likeness (QED) is 0.135. The van der Waals surface area contributed by atoms with Crippen molar-refractivity contribution in [3.63, 3.8) is 0 Å². The molecule has 5 atom stereocenters. The smallest absolute Gasteiger partial charge is 0.430 e. The van der Waals surface area contributed by atoms with E-state index in [1.165, 1.54) is 0 Å². The van der Waals surface area contributed by atoms with E-state index in [4.69, 9.17) is 56.5 Å². The SMILES string of the molecule is O=C([O-])C(F)(F)F.[2H]C([2H])([2H])C(=O)OC[C@H]1O[C@@H](OCC[N+](C)(C)CC#C)[C@H](OC(=O)C([2H])([2H])[2H])[C@@H](OC(=O)C([2H])([2H])[2H])[C@@H]1OC(=O)C([2H])([2H])[2H]. The summed E-state index contributed by atoms with van der Waals surface area (Å²) in [4.78, 5) is 58.0. The van der Waals surface area contributed by atoms with Crippen LogP contribution in [0, 0.1) is 12.3 Å². The number of alkyl halides is 3. The van der Waals surface area contributed by atoms with Gasteiger partial charge in [0, 0.05) is 43.9 Å². The Morgan fingerprint density at radius 2 is 1.44 bits per heavy atom. The number of ether oxygens (including phenoxy) is 6. The lowest BCUT2D eigenvalue weighted by atomic mass is 9.98. The number of terminal acetylenes is 1. The van der Waals surface area contributed by atoms with E-state index in [9.17, 15) is 32.3 Å². The zero-order chi connectivity index (χ0) is 40.6. The maximum absolute atomic E-state index is 12.5. The number of hydrogen-bond donors (Lipinski definition) is 0. The van der Waals surface area contributed by atoms with E-state index in [0.29, 0.717) is 0 Å². The Hall–Kier alpha value is -3.42. The molecule has 1 fully saturated rings. The van der Waals surface area contributed by atoms with E-state index >= 15 is 0 Å². The lowest BCUT2D eigenvalue weighted by Gasteiger charge is -2.44. The van der Waals surface area contributed by atoms with Gasteiger partial charge >= 0.3 is 30.1 Å². The van der Waals surface area contributed by atoms with Crippen molar-refractivity contribution < 1.29 is 91.6 Å². The molecule has 0 N–H and O–H groups in total. The molecule has 0 spiro atoms. The van der Waals surface area contributed by atoms with Crippen LogP contribution in [0.25, 0.3) is 0 Å². The molecule has 0 aromatic heterocycles. The van der Waals surface area contributed by atoms with Gasteiger partial charge in [0.15, 0.2) is 24.6 Å². The van der Waals surface area contributed by atoms with Crippen LogP contribution in [0.15, 0.2) is 0 Å². The molecule has 0 amide bonds. The van der Waals surface area contributed by atoms with Gasteiger partial charge in [0.1, 0.15) is 31.8 Å². The first-order valence-corrected chi connectivity index (χ1v) is 10.3. The number of carboxylic acid groups (broad SMARTS) is 1. The van der Waals surface area contributed by atoms with Crippen molar-refractivity contribution in [3.05, 3.63) is 0 Å². The minimum Gasteiger partial charge on any atom is -0.542 e. The Morgan fingerprint density at radius 1 is 0.949 bits per heavy atom. The first-order valence-electron chi connectivity index (χ1n) is 16.3. The van der Waals surface area contributed by atoms with Crippen LogP contribution in [0.5, 0.6) is 0 Å². The molecule has 1 rings (SSSR count). The summed E-state index contributed by atoms with van der Waals surface area (Å²) in [5, 5.41) is 8.78. The van der Waals surface area contributed by atoms with Crippen molar-refractivity contribution in [2.24, 2.45) is 0 Å². The van der Waals surface area contributed by atoms with E-state index in [2.05, 4.69) is 10.7 Å². The first kappa shape index (κ1) is 19.6. The average Bonchev–Trinajstić information content (AvgIpc) is 2.91. The Bertz CT molecular complexity index is 1290. The molecule has 0 aromatic carbocycles. The van der Waals surface area contributed by atoms with Crippen molar-refractivity contribution in [3.8, 4) is 12.3 Å². The van der Waals surface area contributed by atoms with Crippen LogP contribution in [0.2, 0.25) is 0 Å². The maximum Gasteiger partial charge on any atom is 0.430 e. The molecule has 1 saturated heterocycles. The monoisotopic (exact) mass is 583 g/mol. The number of hydrogen-bond acceptors (Lipinski definition) is 12. The number of nitrogens with zero attached hydrogens (tertiary/aromatic N) is 1. The van der Waals surface area contributed by atoms with Gasteiger partial charge in [0.05, 0.1) is 20.7 Å². The molecular formula is C23H32F3NO12. The van der Waals surface area contributed by atoms with Crippen molar-refractivity contribution >= 4 is 29.8 Å². The molecule has 13 nitrogen and oxygen atoms in total. The number of aliphatic carboxylic acids is 1. The predicted molar refractivity (Wildman–Crippen MR) is 120 cm³/mol. The standard InChI is InChI=1S/C21H32NO10.C2HF3O2/c1-8-9-22(6,7)10-11-27-21-20(31-16(5)26)19(30-15(4)25)18(29-14(3)24)17(32-21)12-28-13(2)23;3-2(4,5)1(6)7/h1,17-21H,9-12H2,2-7H3;(H,6,7)/q+1;/p-1/t17-,18-,19+,20-,21-;/m1./s1/i2D3,3D3,4D3,5D3;. The lowest BCUT2D eigenvalue weighted by Crippen LogP contribution is -2.63. The Kier molecular flexibility index (Phi) is 7.98. The maximum atomic E-state index is 12.5. The number of carbonyl (C=O) groups is 5. The summed E-state index contributed by atoms with van der Waals surface area (Å²) in [5.41, 5.74) is 0. The van der Waals surface area contributed by atoms with Gasteiger partial charge in [0.2, 0.25) is 0 Å². The van der Waals surface area contributed by atoms with Crippen LogP contribution >= 0.6 is 0 Å². The molecule has 0 saturated carbocycles. The normalized spacial score (nSPS) is 28.6. The fourth-order valence-corrected chi connectivity index (χ4v) is 2.82. The molecule has 0 bridgehead atoms. The second-order valence-electron chi connectivity index (χ2n) is 7.93. The third-order valence-corrected chi connectivity index (χ3v) is 4.43. The summed E-state index contributed by atoms with van der Waals surface area (Å²) in [7, 11) is 3.39. The summed E-state index contributed by atoms with van der Waals surface area (Å²) in [6, 6.07) is 0. The number of likely N-dealkylation sites (N-methyl/N-ethyl adjacent to an activating group) is 1. The second kappa shape index (κ2) is 15.9. The molecule has 1 aliphatic rings. The summed E-state index contributed by atoms with van der Waals surface area (Å²) in [5.74, 6) is -8.30. The number of halogens is 3. The average molecular weight is 584 g/mol. The topological polar surface area (TPSA) is 164 Å². The van der Waals surface area contributed by atoms with Gasteiger partial charge in [-0.05, 0) is 5.92 Å². The van der Waals surface area contributed by atoms with Crippen molar-refractivity contribution in [2.45, 2.75) is 64.3 Å². The minimum atomic E-state index is -5.19. The lowest BCUT2D eigenvalue weighted by molar-refractivity contribution is -0.883. The van der Waals surface area contributed by atoms with Gasteiger partial charge < -0.3 is 42.8 Å². The molecule has 222 valence electrons. The first-order chi connectivity index (χ1) is 22.6. The van der Waals surface area contributed by atoms with E-state index in [1.54, 1.807) is 14.1 Å². The molecule has 0 aliphatic carbocycles. The number of rotatable bonds is 10. The van der Waals surface area contributed by atoms with Crippen LogP contribution in [0.4, 0.5) is 13.2 Å². The van der Waals surface area contributed by atoms with Gasteiger partial charge in [-0.2, -0.15) is 13.2 Å². The van der Waals surface area contributed by atoms with Gasteiger partial charge in [-0.15, -0.1) is 6.42 Å². The number of quaternary nitrogens is 1. The van der Waals surface area contributed by atoms with Gasteiger partial charge in [0.25, 0.3) is 0 Å². The highest BCUT2D eigenvalue weighted by Crippen LogP contribution is 2.30. The zero-order valence-electron chi connectivity index (χ0n) is 32.3. The van der Waals surface area contributed by atoms with Crippen LogP contribution in [-0.2, 0) is 52.4 Å². The number of carboxylic acids is 1. The fourth-order valence-electron chi connectivity index (χ4n) is 2.82. The predicted octanol–water partition coefficient (Wildman–Crippen LogP) is -0.906. The van der Waals surface area contributed by atoms with Gasteiger partial charge in [-0.25, -0.2) is 0 Å². The molecule has 1 heterocycles. The summed E-state index contributed by atoms with van der Waals surface area (Å²) >= 11 is 0. The number of esters is 4. The van der Waals surface area contributed by atoms with Gasteiger partial charge in [-0.1, -0.05) is 0 Å². The van der Waals surface area contributed by atoms with E-state index in [1.807, 2.05) is 0 Å². The minimum absolute atomic E-state index is 0.125. The highest BCUT2D eigenvalue weighted by Gasteiger charge is 2.52. The molecule has 16 heteroatoms. The van der Waals surface area contributed by atoms with Crippen LogP contribution < -0.4 is 5.11 Å². The Labute approximate surface area is 239 Å². The third-order valence-electron chi connectivity index (χ3n) is 4.43. The highest BCUT2D eigenvalue weighted by atomic mass is 19.4. The molecule has 0 aromatic rings. The van der Waals surface area contributed by atoms with Crippen molar-refractivity contribution in [2.75, 3.05) is 40.4 Å². The van der Waals surface area contributed by atoms with Crippen LogP contribution in [0.3, 0.4) is 0 Å². The van der Waals surface area contributed by atoms with Crippen LogP contribution in [0.1, 0.15) is 43.9 Å².